The number of rotatable bonds is 3. The van der Waals surface area contributed by atoms with E-state index in [0.717, 1.165) is 38.1 Å². The third-order valence-electron chi connectivity index (χ3n) is 5.53. The molecule has 25 heavy (non-hydrogen) atoms. The van der Waals surface area contributed by atoms with Crippen LogP contribution in [0.5, 0.6) is 0 Å². The van der Waals surface area contributed by atoms with Gasteiger partial charge in [-0.1, -0.05) is 0 Å². The molecule has 2 aliphatic heterocycles. The normalized spacial score (nSPS) is 22.3. The molecule has 2 fully saturated rings. The molecule has 2 aliphatic rings. The third kappa shape index (κ3) is 3.68. The lowest BCUT2D eigenvalue weighted by Crippen LogP contribution is -2.46. The van der Waals surface area contributed by atoms with Crippen molar-refractivity contribution in [3.05, 3.63) is 11.6 Å². The third-order valence-corrected chi connectivity index (χ3v) is 5.53. The van der Waals surface area contributed by atoms with Crippen molar-refractivity contribution in [1.82, 2.24) is 24.6 Å². The number of hydrogen-bond acceptors (Lipinski definition) is 5. The summed E-state index contributed by atoms with van der Waals surface area (Å²) >= 11 is 0. The Morgan fingerprint density at radius 3 is 2.44 bits per heavy atom. The SMILES string of the molecule is CC(=O)N1CCC(C(=O)N2CCC[C@@H](c3nnc(CO)n3C)C2)CC1. The van der Waals surface area contributed by atoms with Crippen LogP contribution in [-0.4, -0.2) is 67.7 Å². The zero-order valence-electron chi connectivity index (χ0n) is 15.0. The second kappa shape index (κ2) is 7.51. The van der Waals surface area contributed by atoms with Gasteiger partial charge in [0.1, 0.15) is 12.4 Å². The summed E-state index contributed by atoms with van der Waals surface area (Å²) in [6.07, 6.45) is 3.42. The van der Waals surface area contributed by atoms with Crippen molar-refractivity contribution >= 4 is 11.8 Å². The summed E-state index contributed by atoms with van der Waals surface area (Å²) in [4.78, 5) is 28.1. The number of aliphatic hydroxyl groups excluding tert-OH is 1. The summed E-state index contributed by atoms with van der Waals surface area (Å²) < 4.78 is 1.84. The largest absolute Gasteiger partial charge is 0.388 e. The lowest BCUT2D eigenvalue weighted by atomic mass is 9.92. The number of aromatic nitrogens is 3. The molecule has 1 aromatic heterocycles. The van der Waals surface area contributed by atoms with Crippen LogP contribution >= 0.6 is 0 Å². The summed E-state index contributed by atoms with van der Waals surface area (Å²) in [6.45, 7) is 4.24. The Bertz CT molecular complexity index is 636. The standard InChI is InChI=1S/C17H27N5O3/c1-12(24)21-8-5-13(6-9-21)17(25)22-7-3-4-14(10-22)16-19-18-15(11-23)20(16)2/h13-14,23H,3-11H2,1-2H3/t14-/m1/s1. The van der Waals surface area contributed by atoms with Gasteiger partial charge in [0.05, 0.1) is 0 Å². The maximum absolute atomic E-state index is 12.9. The molecule has 0 spiro atoms. The van der Waals surface area contributed by atoms with Crippen molar-refractivity contribution in [2.75, 3.05) is 26.2 Å². The maximum atomic E-state index is 12.9. The average molecular weight is 349 g/mol. The van der Waals surface area contributed by atoms with Crippen molar-refractivity contribution in [3.63, 3.8) is 0 Å². The first-order valence-electron chi connectivity index (χ1n) is 9.04. The first kappa shape index (κ1) is 17.8. The molecular weight excluding hydrogens is 322 g/mol. The molecule has 3 rings (SSSR count). The lowest BCUT2D eigenvalue weighted by molar-refractivity contribution is -0.141. The number of carbonyl (C=O) groups excluding carboxylic acids is 2. The van der Waals surface area contributed by atoms with E-state index in [1.165, 1.54) is 0 Å². The first-order valence-corrected chi connectivity index (χ1v) is 9.04. The predicted molar refractivity (Wildman–Crippen MR) is 90.5 cm³/mol. The summed E-state index contributed by atoms with van der Waals surface area (Å²) in [7, 11) is 1.86. The van der Waals surface area contributed by atoms with Crippen LogP contribution in [-0.2, 0) is 23.2 Å². The molecule has 1 aromatic rings. The van der Waals surface area contributed by atoms with E-state index in [9.17, 15) is 14.7 Å². The predicted octanol–water partition coefficient (Wildman–Crippen LogP) is 0.272. The van der Waals surface area contributed by atoms with Crippen LogP contribution in [0.25, 0.3) is 0 Å². The minimum absolute atomic E-state index is 0.0156. The van der Waals surface area contributed by atoms with Crippen molar-refractivity contribution in [1.29, 1.82) is 0 Å². The molecule has 0 aliphatic carbocycles. The van der Waals surface area contributed by atoms with Gasteiger partial charge in [-0.05, 0) is 25.7 Å². The Morgan fingerprint density at radius 1 is 1.12 bits per heavy atom. The van der Waals surface area contributed by atoms with Crippen molar-refractivity contribution in [2.24, 2.45) is 13.0 Å². The van der Waals surface area contributed by atoms with Crippen LogP contribution in [0.2, 0.25) is 0 Å². The molecule has 1 atom stereocenters. The minimum atomic E-state index is -0.131. The van der Waals surface area contributed by atoms with Gasteiger partial charge in [-0.15, -0.1) is 10.2 Å². The van der Waals surface area contributed by atoms with Gasteiger partial charge in [0, 0.05) is 52.0 Å². The molecule has 8 heteroatoms. The Balaban J connectivity index is 1.62. The van der Waals surface area contributed by atoms with Crippen LogP contribution in [0.4, 0.5) is 0 Å². The maximum Gasteiger partial charge on any atom is 0.225 e. The smallest absolute Gasteiger partial charge is 0.225 e. The highest BCUT2D eigenvalue weighted by molar-refractivity contribution is 5.80. The number of amides is 2. The van der Waals surface area contributed by atoms with E-state index in [1.807, 2.05) is 21.4 Å². The van der Waals surface area contributed by atoms with E-state index in [1.54, 1.807) is 6.92 Å². The van der Waals surface area contributed by atoms with Crippen LogP contribution in [0.1, 0.15) is 50.2 Å². The number of carbonyl (C=O) groups is 2. The van der Waals surface area contributed by atoms with E-state index in [0.29, 0.717) is 25.5 Å². The molecule has 138 valence electrons. The fourth-order valence-corrected chi connectivity index (χ4v) is 3.96. The van der Waals surface area contributed by atoms with Gasteiger partial charge in [-0.3, -0.25) is 9.59 Å². The highest BCUT2D eigenvalue weighted by Gasteiger charge is 2.33. The number of aliphatic hydroxyl groups is 1. The highest BCUT2D eigenvalue weighted by Crippen LogP contribution is 2.28. The van der Waals surface area contributed by atoms with E-state index < -0.39 is 0 Å². The summed E-state index contributed by atoms with van der Waals surface area (Å²) in [5.74, 6) is 1.86. The number of likely N-dealkylation sites (tertiary alicyclic amines) is 2. The average Bonchev–Trinajstić information content (AvgIpc) is 3.02. The Labute approximate surface area is 147 Å². The molecule has 1 N–H and O–H groups in total. The van der Waals surface area contributed by atoms with Crippen molar-refractivity contribution < 1.29 is 14.7 Å². The number of hydrogen-bond donors (Lipinski definition) is 1. The fraction of sp³-hybridized carbons (Fsp3) is 0.765. The summed E-state index contributed by atoms with van der Waals surface area (Å²) in [5.41, 5.74) is 0. The van der Waals surface area contributed by atoms with E-state index >= 15 is 0 Å². The molecule has 3 heterocycles. The molecule has 2 amide bonds. The van der Waals surface area contributed by atoms with Gasteiger partial charge in [0.25, 0.3) is 0 Å². The zero-order chi connectivity index (χ0) is 18.0. The van der Waals surface area contributed by atoms with Crippen LogP contribution in [0.15, 0.2) is 0 Å². The molecule has 0 radical (unpaired) electrons. The molecule has 0 bridgehead atoms. The summed E-state index contributed by atoms with van der Waals surface area (Å²) in [6, 6.07) is 0. The number of piperidine rings is 2. The lowest BCUT2D eigenvalue weighted by Gasteiger charge is -2.37. The van der Waals surface area contributed by atoms with E-state index in [2.05, 4.69) is 10.2 Å². The minimum Gasteiger partial charge on any atom is -0.388 e. The van der Waals surface area contributed by atoms with Gasteiger partial charge in [0.2, 0.25) is 11.8 Å². The second-order valence-electron chi connectivity index (χ2n) is 7.10. The van der Waals surface area contributed by atoms with Crippen LogP contribution in [0, 0.1) is 5.92 Å². The summed E-state index contributed by atoms with van der Waals surface area (Å²) in [5, 5.41) is 17.5. The second-order valence-corrected chi connectivity index (χ2v) is 7.10. The van der Waals surface area contributed by atoms with Gasteiger partial charge < -0.3 is 19.5 Å². The van der Waals surface area contributed by atoms with Gasteiger partial charge in [-0.2, -0.15) is 0 Å². The molecular formula is C17H27N5O3. The van der Waals surface area contributed by atoms with Crippen LogP contribution < -0.4 is 0 Å². The first-order chi connectivity index (χ1) is 12.0. The molecule has 8 nitrogen and oxygen atoms in total. The van der Waals surface area contributed by atoms with Gasteiger partial charge >= 0.3 is 0 Å². The molecule has 2 saturated heterocycles. The molecule has 0 aromatic carbocycles. The molecule has 0 unspecified atom stereocenters. The van der Waals surface area contributed by atoms with Gasteiger partial charge in [0.15, 0.2) is 5.82 Å². The Hall–Kier alpha value is -1.96. The van der Waals surface area contributed by atoms with Crippen molar-refractivity contribution in [3.8, 4) is 0 Å². The Morgan fingerprint density at radius 2 is 1.84 bits per heavy atom. The zero-order valence-corrected chi connectivity index (χ0v) is 15.0. The fourth-order valence-electron chi connectivity index (χ4n) is 3.96. The molecule has 0 saturated carbocycles. The van der Waals surface area contributed by atoms with Crippen molar-refractivity contribution in [2.45, 2.75) is 45.1 Å². The number of nitrogens with zero attached hydrogens (tertiary/aromatic N) is 5. The van der Waals surface area contributed by atoms with E-state index in [-0.39, 0.29) is 30.3 Å². The highest BCUT2D eigenvalue weighted by atomic mass is 16.3. The monoisotopic (exact) mass is 349 g/mol. The van der Waals surface area contributed by atoms with Crippen LogP contribution in [0.3, 0.4) is 0 Å². The van der Waals surface area contributed by atoms with Gasteiger partial charge in [-0.25, -0.2) is 0 Å². The quantitative estimate of drug-likeness (QED) is 0.846. The topological polar surface area (TPSA) is 91.6 Å². The Kier molecular flexibility index (Phi) is 5.36. The van der Waals surface area contributed by atoms with E-state index in [4.69, 9.17) is 0 Å².